The van der Waals surface area contributed by atoms with E-state index in [0.717, 1.165) is 11.3 Å². The van der Waals surface area contributed by atoms with Crippen molar-refractivity contribution in [3.05, 3.63) is 29.7 Å². The van der Waals surface area contributed by atoms with Crippen LogP contribution in [0.25, 0.3) is 0 Å². The summed E-state index contributed by atoms with van der Waals surface area (Å²) in [6, 6.07) is 1.79. The zero-order valence-corrected chi connectivity index (χ0v) is 14.4. The fourth-order valence-electron chi connectivity index (χ4n) is 3.16. The van der Waals surface area contributed by atoms with Gasteiger partial charge in [-0.2, -0.15) is 10.1 Å². The Labute approximate surface area is 140 Å². The van der Waals surface area contributed by atoms with Gasteiger partial charge in [0.15, 0.2) is 0 Å². The van der Waals surface area contributed by atoms with Crippen LogP contribution in [0, 0.1) is 12.8 Å². The number of ether oxygens (including phenoxy) is 1. The summed E-state index contributed by atoms with van der Waals surface area (Å²) in [4.78, 5) is 23.3. The number of amides is 1. The second-order valence-corrected chi connectivity index (χ2v) is 6.03. The molecule has 0 unspecified atom stereocenters. The van der Waals surface area contributed by atoms with E-state index in [0.29, 0.717) is 24.9 Å². The molecule has 2 atom stereocenters. The smallest absolute Gasteiger partial charge is 0.228 e. The summed E-state index contributed by atoms with van der Waals surface area (Å²) in [5, 5.41) is 7.00. The van der Waals surface area contributed by atoms with Crippen LogP contribution < -0.4 is 15.0 Å². The fraction of sp³-hybridized carbons (Fsp3) is 0.500. The summed E-state index contributed by atoms with van der Waals surface area (Å²) >= 11 is 0. The molecule has 1 aliphatic rings. The van der Waals surface area contributed by atoms with Crippen LogP contribution in [0.2, 0.25) is 0 Å². The minimum Gasteiger partial charge on any atom is -0.481 e. The highest BCUT2D eigenvalue weighted by Gasteiger charge is 2.39. The molecule has 2 aromatic rings. The average Bonchev–Trinajstić information content (AvgIpc) is 3.19. The Balaban J connectivity index is 1.92. The number of hydrogen-bond donors (Lipinski definition) is 1. The normalized spacial score (nSPS) is 20.2. The van der Waals surface area contributed by atoms with Gasteiger partial charge in [0.05, 0.1) is 19.2 Å². The number of carbonyl (C=O) groups is 1. The molecule has 1 aliphatic heterocycles. The zero-order chi connectivity index (χ0) is 17.3. The van der Waals surface area contributed by atoms with Crippen LogP contribution in [0.5, 0.6) is 5.88 Å². The number of aromatic nitrogens is 4. The summed E-state index contributed by atoms with van der Waals surface area (Å²) in [7, 11) is 5.12. The Morgan fingerprint density at radius 3 is 2.79 bits per heavy atom. The van der Waals surface area contributed by atoms with Gasteiger partial charge in [-0.25, -0.2) is 4.98 Å². The Morgan fingerprint density at radius 1 is 1.38 bits per heavy atom. The van der Waals surface area contributed by atoms with E-state index in [4.69, 9.17) is 4.74 Å². The third-order valence-electron chi connectivity index (χ3n) is 4.37. The first-order valence-corrected chi connectivity index (χ1v) is 7.86. The lowest BCUT2D eigenvalue weighted by molar-refractivity contribution is -0.124. The summed E-state index contributed by atoms with van der Waals surface area (Å²) in [6.07, 6.45) is 3.78. The summed E-state index contributed by atoms with van der Waals surface area (Å²) < 4.78 is 6.99. The third-order valence-corrected chi connectivity index (χ3v) is 4.37. The molecule has 1 amide bonds. The minimum atomic E-state index is -0.172. The van der Waals surface area contributed by atoms with Gasteiger partial charge in [0.1, 0.15) is 0 Å². The molecule has 3 heterocycles. The molecule has 0 aromatic carbocycles. The first kappa shape index (κ1) is 16.2. The molecule has 3 rings (SSSR count). The lowest BCUT2D eigenvalue weighted by atomic mass is 9.90. The molecule has 1 N–H and O–H groups in total. The second-order valence-electron chi connectivity index (χ2n) is 6.03. The summed E-state index contributed by atoms with van der Waals surface area (Å²) in [5.41, 5.74) is 1.88. The van der Waals surface area contributed by atoms with E-state index in [-0.39, 0.29) is 17.7 Å². The molecule has 24 heavy (non-hydrogen) atoms. The second kappa shape index (κ2) is 6.46. The van der Waals surface area contributed by atoms with Crippen molar-refractivity contribution in [3.63, 3.8) is 0 Å². The topological polar surface area (TPSA) is 85.2 Å². The maximum Gasteiger partial charge on any atom is 0.228 e. The van der Waals surface area contributed by atoms with Crippen molar-refractivity contribution in [2.45, 2.75) is 12.8 Å². The van der Waals surface area contributed by atoms with E-state index in [1.54, 1.807) is 24.9 Å². The lowest BCUT2D eigenvalue weighted by Crippen LogP contribution is -2.32. The minimum absolute atomic E-state index is 0.0194. The number of carbonyl (C=O) groups excluding carboxylic acids is 1. The van der Waals surface area contributed by atoms with Crippen LogP contribution >= 0.6 is 0 Å². The van der Waals surface area contributed by atoms with E-state index in [2.05, 4.69) is 20.4 Å². The first-order valence-electron chi connectivity index (χ1n) is 7.86. The molecule has 128 valence electrons. The van der Waals surface area contributed by atoms with Crippen molar-refractivity contribution in [1.82, 2.24) is 25.1 Å². The molecule has 1 saturated heterocycles. The van der Waals surface area contributed by atoms with Crippen molar-refractivity contribution in [1.29, 1.82) is 0 Å². The molecule has 0 bridgehead atoms. The van der Waals surface area contributed by atoms with Crippen molar-refractivity contribution in [3.8, 4) is 5.88 Å². The molecule has 0 radical (unpaired) electrons. The SMILES string of the molecule is CNC(=O)[C@H]1CN(c2nc(C)cc(OC)n2)C[C@@H]1c1cnn(C)c1. The molecule has 8 heteroatoms. The van der Waals surface area contributed by atoms with Crippen molar-refractivity contribution < 1.29 is 9.53 Å². The highest BCUT2D eigenvalue weighted by molar-refractivity contribution is 5.81. The van der Waals surface area contributed by atoms with Crippen molar-refractivity contribution >= 4 is 11.9 Å². The fourth-order valence-corrected chi connectivity index (χ4v) is 3.16. The molecule has 0 spiro atoms. The number of aryl methyl sites for hydroxylation is 2. The van der Waals surface area contributed by atoms with Gasteiger partial charge in [-0.1, -0.05) is 0 Å². The molecular formula is C16H22N6O2. The Hall–Kier alpha value is -2.64. The number of nitrogens with one attached hydrogen (secondary N) is 1. The molecular weight excluding hydrogens is 308 g/mol. The van der Waals surface area contributed by atoms with Gasteiger partial charge in [0.2, 0.25) is 17.7 Å². The van der Waals surface area contributed by atoms with Crippen LogP contribution in [0.4, 0.5) is 5.95 Å². The monoisotopic (exact) mass is 330 g/mol. The zero-order valence-electron chi connectivity index (χ0n) is 14.4. The van der Waals surface area contributed by atoms with Gasteiger partial charge in [-0.15, -0.1) is 0 Å². The number of hydrogen-bond acceptors (Lipinski definition) is 6. The van der Waals surface area contributed by atoms with Crippen LogP contribution in [0.1, 0.15) is 17.2 Å². The van der Waals surface area contributed by atoms with Crippen LogP contribution in [-0.4, -0.2) is 52.9 Å². The summed E-state index contributed by atoms with van der Waals surface area (Å²) in [6.45, 7) is 3.13. The number of methoxy groups -OCH3 is 1. The molecule has 0 aliphatic carbocycles. The third kappa shape index (κ3) is 3.04. The van der Waals surface area contributed by atoms with Crippen LogP contribution in [0.15, 0.2) is 18.5 Å². The van der Waals surface area contributed by atoms with Gasteiger partial charge in [0.25, 0.3) is 0 Å². The average molecular weight is 330 g/mol. The highest BCUT2D eigenvalue weighted by Crippen LogP contribution is 2.34. The maximum atomic E-state index is 12.3. The van der Waals surface area contributed by atoms with Gasteiger partial charge < -0.3 is 15.0 Å². The standard InChI is InChI=1S/C16H22N6O2/c1-10-5-14(24-4)20-16(19-10)22-8-12(11-6-18-21(3)7-11)13(9-22)15(23)17-2/h5-7,12-13H,8-9H2,1-4H3,(H,17,23)/t12-,13+/m1/s1. The van der Waals surface area contributed by atoms with Crippen LogP contribution in [-0.2, 0) is 11.8 Å². The first-order chi connectivity index (χ1) is 11.5. The Morgan fingerprint density at radius 2 is 2.17 bits per heavy atom. The van der Waals surface area contributed by atoms with Gasteiger partial charge in [-0.3, -0.25) is 9.48 Å². The molecule has 8 nitrogen and oxygen atoms in total. The predicted octanol–water partition coefficient (Wildman–Crippen LogP) is 0.493. The Kier molecular flexibility index (Phi) is 4.37. The molecule has 0 saturated carbocycles. The lowest BCUT2D eigenvalue weighted by Gasteiger charge is -2.17. The molecule has 1 fully saturated rings. The summed E-state index contributed by atoms with van der Waals surface area (Å²) in [5.74, 6) is 1.01. The quantitative estimate of drug-likeness (QED) is 0.878. The predicted molar refractivity (Wildman–Crippen MR) is 89.0 cm³/mol. The van der Waals surface area contributed by atoms with E-state index < -0.39 is 0 Å². The van der Waals surface area contributed by atoms with E-state index >= 15 is 0 Å². The van der Waals surface area contributed by atoms with E-state index in [1.807, 2.05) is 31.3 Å². The van der Waals surface area contributed by atoms with Crippen molar-refractivity contribution in [2.75, 3.05) is 32.1 Å². The van der Waals surface area contributed by atoms with Crippen molar-refractivity contribution in [2.24, 2.45) is 13.0 Å². The molecule has 2 aromatic heterocycles. The number of nitrogens with zero attached hydrogens (tertiary/aromatic N) is 5. The number of rotatable bonds is 4. The highest BCUT2D eigenvalue weighted by atomic mass is 16.5. The van der Waals surface area contributed by atoms with E-state index in [9.17, 15) is 4.79 Å². The van der Waals surface area contributed by atoms with Gasteiger partial charge in [-0.05, 0) is 12.5 Å². The van der Waals surface area contributed by atoms with E-state index in [1.165, 1.54) is 0 Å². The Bertz CT molecular complexity index is 744. The van der Waals surface area contributed by atoms with Gasteiger partial charge in [0, 0.05) is 51.1 Å². The largest absolute Gasteiger partial charge is 0.481 e. The number of anilines is 1. The van der Waals surface area contributed by atoms with Gasteiger partial charge >= 0.3 is 0 Å². The maximum absolute atomic E-state index is 12.3. The van der Waals surface area contributed by atoms with Crippen LogP contribution in [0.3, 0.4) is 0 Å².